The van der Waals surface area contributed by atoms with Crippen LogP contribution in [0, 0.1) is 0 Å². The number of methoxy groups -OCH3 is 1. The maximum atomic E-state index is 11.9. The number of carbonyl (C=O) groups excluding carboxylic acids is 1. The molecule has 0 spiro atoms. The van der Waals surface area contributed by atoms with Crippen LogP contribution < -0.4 is 0 Å². The van der Waals surface area contributed by atoms with Crippen molar-refractivity contribution in [3.8, 4) is 0 Å². The second kappa shape index (κ2) is 7.62. The molecule has 20 heavy (non-hydrogen) atoms. The van der Waals surface area contributed by atoms with Crippen molar-refractivity contribution < 1.29 is 19.0 Å². The van der Waals surface area contributed by atoms with E-state index in [0.717, 1.165) is 10.8 Å². The van der Waals surface area contributed by atoms with Crippen molar-refractivity contribution in [1.29, 1.82) is 0 Å². The van der Waals surface area contributed by atoms with Gasteiger partial charge in [0.2, 0.25) is 0 Å². The molecule has 0 heterocycles. The molecule has 0 saturated heterocycles. The maximum Gasteiger partial charge on any atom is 0.338 e. The molecule has 0 fully saturated rings. The van der Waals surface area contributed by atoms with E-state index < -0.39 is 0 Å². The van der Waals surface area contributed by atoms with Crippen molar-refractivity contribution in [3.05, 3.63) is 48.0 Å². The second-order valence-corrected chi connectivity index (χ2v) is 4.30. The molecular formula is C16H18O4. The Morgan fingerprint density at radius 1 is 0.950 bits per heavy atom. The average molecular weight is 274 g/mol. The van der Waals surface area contributed by atoms with Gasteiger partial charge in [0.15, 0.2) is 0 Å². The highest BCUT2D eigenvalue weighted by atomic mass is 16.6. The molecule has 0 aliphatic heterocycles. The number of carbonyl (C=O) groups is 1. The zero-order chi connectivity index (χ0) is 14.2. The molecule has 4 nitrogen and oxygen atoms in total. The fourth-order valence-corrected chi connectivity index (χ4v) is 1.84. The zero-order valence-electron chi connectivity index (χ0n) is 11.5. The Morgan fingerprint density at radius 3 is 2.50 bits per heavy atom. The van der Waals surface area contributed by atoms with Gasteiger partial charge in [-0.15, -0.1) is 0 Å². The monoisotopic (exact) mass is 274 g/mol. The Bertz CT molecular complexity index is 565. The first kappa shape index (κ1) is 14.5. The highest BCUT2D eigenvalue weighted by Gasteiger charge is 2.07. The summed E-state index contributed by atoms with van der Waals surface area (Å²) in [7, 11) is 1.61. The first-order valence-corrected chi connectivity index (χ1v) is 6.54. The van der Waals surface area contributed by atoms with E-state index in [1.54, 1.807) is 13.2 Å². The summed E-state index contributed by atoms with van der Waals surface area (Å²) in [4.78, 5) is 11.9. The SMILES string of the molecule is COCCOCCOC(=O)c1ccc2ccccc2c1. The summed E-state index contributed by atoms with van der Waals surface area (Å²) in [6.07, 6.45) is 0. The predicted molar refractivity (Wildman–Crippen MR) is 76.9 cm³/mol. The molecule has 106 valence electrons. The largest absolute Gasteiger partial charge is 0.460 e. The molecule has 2 aromatic rings. The zero-order valence-corrected chi connectivity index (χ0v) is 11.5. The number of ether oxygens (including phenoxy) is 3. The molecule has 0 atom stereocenters. The van der Waals surface area contributed by atoms with Gasteiger partial charge in [0.05, 0.1) is 25.4 Å². The Balaban J connectivity index is 1.84. The van der Waals surface area contributed by atoms with Crippen LogP contribution in [0.4, 0.5) is 0 Å². The quantitative estimate of drug-likeness (QED) is 0.575. The van der Waals surface area contributed by atoms with Crippen LogP contribution in [0.3, 0.4) is 0 Å². The van der Waals surface area contributed by atoms with Gasteiger partial charge in [0.25, 0.3) is 0 Å². The van der Waals surface area contributed by atoms with E-state index in [1.807, 2.05) is 36.4 Å². The molecule has 4 heteroatoms. The molecule has 0 saturated carbocycles. The number of benzene rings is 2. The molecule has 0 unspecified atom stereocenters. The summed E-state index contributed by atoms with van der Waals surface area (Å²) < 4.78 is 15.2. The van der Waals surface area contributed by atoms with Crippen LogP contribution in [-0.4, -0.2) is 39.5 Å². The van der Waals surface area contributed by atoms with Gasteiger partial charge in [-0.3, -0.25) is 0 Å². The van der Waals surface area contributed by atoms with Gasteiger partial charge < -0.3 is 14.2 Å². The predicted octanol–water partition coefficient (Wildman–Crippen LogP) is 2.66. The van der Waals surface area contributed by atoms with Crippen molar-refractivity contribution in [2.24, 2.45) is 0 Å². The third-order valence-corrected chi connectivity index (χ3v) is 2.88. The third-order valence-electron chi connectivity index (χ3n) is 2.88. The number of hydrogen-bond donors (Lipinski definition) is 0. The number of hydrogen-bond acceptors (Lipinski definition) is 4. The molecule has 0 N–H and O–H groups in total. The van der Waals surface area contributed by atoms with Crippen molar-refractivity contribution in [3.63, 3.8) is 0 Å². The minimum absolute atomic E-state index is 0.245. The molecule has 0 amide bonds. The lowest BCUT2D eigenvalue weighted by Gasteiger charge is -2.06. The van der Waals surface area contributed by atoms with E-state index in [9.17, 15) is 4.79 Å². The average Bonchev–Trinajstić information content (AvgIpc) is 2.50. The lowest BCUT2D eigenvalue weighted by atomic mass is 10.1. The molecular weight excluding hydrogens is 256 g/mol. The van der Waals surface area contributed by atoms with E-state index >= 15 is 0 Å². The molecule has 0 bridgehead atoms. The highest BCUT2D eigenvalue weighted by molar-refractivity contribution is 5.95. The van der Waals surface area contributed by atoms with Gasteiger partial charge in [-0.1, -0.05) is 30.3 Å². The molecule has 0 aliphatic carbocycles. The van der Waals surface area contributed by atoms with E-state index in [0.29, 0.717) is 25.4 Å². The van der Waals surface area contributed by atoms with Crippen molar-refractivity contribution in [2.75, 3.05) is 33.5 Å². The molecule has 0 aromatic heterocycles. The smallest absolute Gasteiger partial charge is 0.338 e. The number of esters is 1. The minimum Gasteiger partial charge on any atom is -0.460 e. The van der Waals surface area contributed by atoms with Crippen LogP contribution in [-0.2, 0) is 14.2 Å². The summed E-state index contributed by atoms with van der Waals surface area (Å²) in [6, 6.07) is 13.4. The van der Waals surface area contributed by atoms with Crippen LogP contribution in [0.15, 0.2) is 42.5 Å². The lowest BCUT2D eigenvalue weighted by Crippen LogP contribution is -2.12. The van der Waals surface area contributed by atoms with Crippen LogP contribution >= 0.6 is 0 Å². The Kier molecular flexibility index (Phi) is 5.53. The van der Waals surface area contributed by atoms with Crippen molar-refractivity contribution in [2.45, 2.75) is 0 Å². The normalized spacial score (nSPS) is 10.7. The van der Waals surface area contributed by atoms with E-state index in [-0.39, 0.29) is 12.6 Å². The van der Waals surface area contributed by atoms with Gasteiger partial charge in [-0.05, 0) is 22.9 Å². The minimum atomic E-state index is -0.328. The summed E-state index contributed by atoms with van der Waals surface area (Å²) in [5, 5.41) is 2.13. The summed E-state index contributed by atoms with van der Waals surface area (Å²) in [5.41, 5.74) is 0.556. The lowest BCUT2D eigenvalue weighted by molar-refractivity contribution is 0.0214. The van der Waals surface area contributed by atoms with Crippen molar-refractivity contribution in [1.82, 2.24) is 0 Å². The van der Waals surface area contributed by atoms with Crippen LogP contribution in [0.25, 0.3) is 10.8 Å². The molecule has 0 radical (unpaired) electrons. The second-order valence-electron chi connectivity index (χ2n) is 4.30. The first-order chi connectivity index (χ1) is 9.81. The van der Waals surface area contributed by atoms with Crippen LogP contribution in [0.2, 0.25) is 0 Å². The summed E-state index contributed by atoms with van der Waals surface area (Å²) in [6.45, 7) is 1.67. The van der Waals surface area contributed by atoms with Gasteiger partial charge in [0.1, 0.15) is 6.61 Å². The van der Waals surface area contributed by atoms with Gasteiger partial charge in [-0.2, -0.15) is 0 Å². The third kappa shape index (κ3) is 4.05. The van der Waals surface area contributed by atoms with E-state index in [2.05, 4.69) is 0 Å². The van der Waals surface area contributed by atoms with E-state index in [4.69, 9.17) is 14.2 Å². The molecule has 2 rings (SSSR count). The molecule has 0 aliphatic rings. The molecule has 2 aromatic carbocycles. The van der Waals surface area contributed by atoms with Gasteiger partial charge in [0, 0.05) is 7.11 Å². The fourth-order valence-electron chi connectivity index (χ4n) is 1.84. The van der Waals surface area contributed by atoms with Gasteiger partial charge >= 0.3 is 5.97 Å². The number of fused-ring (bicyclic) bond motifs is 1. The highest BCUT2D eigenvalue weighted by Crippen LogP contribution is 2.16. The number of rotatable bonds is 7. The van der Waals surface area contributed by atoms with Gasteiger partial charge in [-0.25, -0.2) is 4.79 Å². The topological polar surface area (TPSA) is 44.8 Å². The Labute approximate surface area is 118 Å². The fraction of sp³-hybridized carbons (Fsp3) is 0.312. The van der Waals surface area contributed by atoms with Crippen LogP contribution in [0.5, 0.6) is 0 Å². The first-order valence-electron chi connectivity index (χ1n) is 6.54. The standard InChI is InChI=1S/C16H18O4/c1-18-8-9-19-10-11-20-16(17)15-7-6-13-4-2-3-5-14(13)12-15/h2-7,12H,8-11H2,1H3. The summed E-state index contributed by atoms with van der Waals surface area (Å²) >= 11 is 0. The van der Waals surface area contributed by atoms with E-state index in [1.165, 1.54) is 0 Å². The van der Waals surface area contributed by atoms with Crippen LogP contribution in [0.1, 0.15) is 10.4 Å². The summed E-state index contributed by atoms with van der Waals surface area (Å²) in [5.74, 6) is -0.328. The maximum absolute atomic E-state index is 11.9. The Hall–Kier alpha value is -1.91. The Morgan fingerprint density at radius 2 is 1.70 bits per heavy atom. The van der Waals surface area contributed by atoms with Crippen molar-refractivity contribution >= 4 is 16.7 Å².